The highest BCUT2D eigenvalue weighted by atomic mass is 35.5. The van der Waals surface area contributed by atoms with Crippen molar-refractivity contribution in [2.75, 3.05) is 27.2 Å². The molecule has 0 saturated heterocycles. The predicted octanol–water partition coefficient (Wildman–Crippen LogP) is 3.61. The van der Waals surface area contributed by atoms with E-state index in [9.17, 15) is 4.79 Å². The van der Waals surface area contributed by atoms with Crippen molar-refractivity contribution in [3.05, 3.63) is 71.3 Å². The smallest absolute Gasteiger partial charge is 0.338 e. The molecule has 2 rings (SSSR count). The van der Waals surface area contributed by atoms with Gasteiger partial charge in [-0.25, -0.2) is 4.79 Å². The summed E-state index contributed by atoms with van der Waals surface area (Å²) in [5.74, 6) is -0.231. The zero-order chi connectivity index (χ0) is 15.8. The first-order chi connectivity index (χ1) is 10.7. The molecule has 0 saturated carbocycles. The first kappa shape index (κ1) is 19.2. The van der Waals surface area contributed by atoms with Crippen LogP contribution in [0.5, 0.6) is 0 Å². The van der Waals surface area contributed by atoms with Crippen LogP contribution in [-0.4, -0.2) is 38.1 Å². The largest absolute Gasteiger partial charge is 0.461 e. The lowest BCUT2D eigenvalue weighted by Crippen LogP contribution is -2.20. The Kier molecular flexibility index (Phi) is 8.38. The van der Waals surface area contributed by atoms with E-state index in [0.717, 1.165) is 24.9 Å². The summed E-state index contributed by atoms with van der Waals surface area (Å²) in [6.45, 7) is 1.15. The molecule has 2 aromatic rings. The molecule has 0 spiro atoms. The van der Waals surface area contributed by atoms with Gasteiger partial charge >= 0.3 is 5.97 Å². The van der Waals surface area contributed by atoms with Crippen LogP contribution in [0, 0.1) is 0 Å². The highest BCUT2D eigenvalue weighted by Crippen LogP contribution is 2.14. The summed E-state index contributed by atoms with van der Waals surface area (Å²) < 4.78 is 5.35. The minimum atomic E-state index is -0.231. The van der Waals surface area contributed by atoms with Crippen molar-refractivity contribution in [1.82, 2.24) is 4.90 Å². The first-order valence-corrected chi connectivity index (χ1v) is 7.60. The minimum absolute atomic E-state index is 0. The van der Waals surface area contributed by atoms with E-state index in [1.165, 1.54) is 5.56 Å². The third-order valence-corrected chi connectivity index (χ3v) is 3.53. The van der Waals surface area contributed by atoms with Crippen molar-refractivity contribution < 1.29 is 9.53 Å². The van der Waals surface area contributed by atoms with Crippen LogP contribution in [0.3, 0.4) is 0 Å². The number of benzene rings is 2. The second-order valence-corrected chi connectivity index (χ2v) is 5.58. The maximum Gasteiger partial charge on any atom is 0.338 e. The molecular weight excluding hydrogens is 310 g/mol. The molecule has 0 aliphatic carbocycles. The number of carbonyl (C=O) groups is 1. The lowest BCUT2D eigenvalue weighted by Gasteiger charge is -2.12. The fraction of sp³-hybridized carbons (Fsp3) is 0.316. The minimum Gasteiger partial charge on any atom is -0.461 e. The Balaban J connectivity index is 0.00000264. The molecule has 3 nitrogen and oxygen atoms in total. The number of esters is 1. The number of rotatable bonds is 7. The third-order valence-electron chi connectivity index (χ3n) is 3.53. The van der Waals surface area contributed by atoms with Crippen LogP contribution < -0.4 is 0 Å². The average Bonchev–Trinajstić information content (AvgIpc) is 2.54. The molecule has 0 amide bonds. The van der Waals surface area contributed by atoms with Gasteiger partial charge in [-0.1, -0.05) is 48.5 Å². The predicted molar refractivity (Wildman–Crippen MR) is 96.4 cm³/mol. The van der Waals surface area contributed by atoms with Crippen molar-refractivity contribution in [3.63, 3.8) is 0 Å². The third kappa shape index (κ3) is 6.43. The monoisotopic (exact) mass is 333 g/mol. The van der Waals surface area contributed by atoms with Crippen molar-refractivity contribution in [2.24, 2.45) is 0 Å². The molecule has 2 aromatic carbocycles. The van der Waals surface area contributed by atoms with Gasteiger partial charge in [0.2, 0.25) is 0 Å². The summed E-state index contributed by atoms with van der Waals surface area (Å²) >= 11 is 0. The van der Waals surface area contributed by atoms with E-state index < -0.39 is 0 Å². The van der Waals surface area contributed by atoms with Gasteiger partial charge in [0, 0.05) is 6.54 Å². The summed E-state index contributed by atoms with van der Waals surface area (Å²) in [5, 5.41) is 0. The van der Waals surface area contributed by atoms with E-state index in [4.69, 9.17) is 4.74 Å². The average molecular weight is 334 g/mol. The van der Waals surface area contributed by atoms with Crippen molar-refractivity contribution >= 4 is 18.4 Å². The van der Waals surface area contributed by atoms with Crippen LogP contribution in [0.2, 0.25) is 0 Å². The van der Waals surface area contributed by atoms with Gasteiger partial charge in [-0.15, -0.1) is 12.4 Å². The summed E-state index contributed by atoms with van der Waals surface area (Å²) in [5.41, 5.74) is 3.00. The van der Waals surface area contributed by atoms with Gasteiger partial charge in [-0.2, -0.15) is 0 Å². The van der Waals surface area contributed by atoms with Crippen LogP contribution in [0.4, 0.5) is 0 Å². The van der Waals surface area contributed by atoms with E-state index in [1.54, 1.807) is 0 Å². The molecule has 4 heteroatoms. The van der Waals surface area contributed by atoms with E-state index in [-0.39, 0.29) is 18.4 Å². The van der Waals surface area contributed by atoms with Gasteiger partial charge in [-0.05, 0) is 44.1 Å². The van der Waals surface area contributed by atoms with Crippen LogP contribution in [-0.2, 0) is 17.6 Å². The molecule has 0 N–H and O–H groups in total. The quantitative estimate of drug-likeness (QED) is 0.725. The van der Waals surface area contributed by atoms with E-state index in [0.29, 0.717) is 12.2 Å². The Morgan fingerprint density at radius 2 is 1.61 bits per heavy atom. The SMILES string of the molecule is CN(C)CCOC(=O)c1ccccc1CCc1ccccc1.Cl. The normalized spacial score (nSPS) is 10.2. The molecule has 0 atom stereocenters. The van der Waals surface area contributed by atoms with Gasteiger partial charge in [-0.3, -0.25) is 0 Å². The topological polar surface area (TPSA) is 29.5 Å². The molecule has 0 fully saturated rings. The number of hydrogen-bond donors (Lipinski definition) is 0. The van der Waals surface area contributed by atoms with Crippen LogP contribution in [0.15, 0.2) is 54.6 Å². The summed E-state index contributed by atoms with van der Waals surface area (Å²) in [7, 11) is 3.92. The Morgan fingerprint density at radius 3 is 2.30 bits per heavy atom. The lowest BCUT2D eigenvalue weighted by atomic mass is 10.00. The van der Waals surface area contributed by atoms with Gasteiger partial charge in [0.1, 0.15) is 6.61 Å². The van der Waals surface area contributed by atoms with Crippen molar-refractivity contribution in [2.45, 2.75) is 12.8 Å². The Morgan fingerprint density at radius 1 is 0.957 bits per heavy atom. The number of aryl methyl sites for hydroxylation is 2. The van der Waals surface area contributed by atoms with E-state index in [2.05, 4.69) is 12.1 Å². The van der Waals surface area contributed by atoms with Gasteiger partial charge in [0.25, 0.3) is 0 Å². The van der Waals surface area contributed by atoms with Crippen molar-refractivity contribution in [1.29, 1.82) is 0 Å². The van der Waals surface area contributed by atoms with Gasteiger partial charge in [0.15, 0.2) is 0 Å². The maximum absolute atomic E-state index is 12.2. The molecule has 0 radical (unpaired) electrons. The zero-order valence-corrected chi connectivity index (χ0v) is 14.5. The molecule has 0 bridgehead atoms. The number of hydrogen-bond acceptors (Lipinski definition) is 3. The van der Waals surface area contributed by atoms with E-state index in [1.807, 2.05) is 61.5 Å². The molecule has 23 heavy (non-hydrogen) atoms. The second-order valence-electron chi connectivity index (χ2n) is 5.58. The summed E-state index contributed by atoms with van der Waals surface area (Å²) in [6, 6.07) is 18.0. The molecule has 0 unspecified atom stereocenters. The Hall–Kier alpha value is -1.84. The second kappa shape index (κ2) is 10.0. The highest BCUT2D eigenvalue weighted by molar-refractivity contribution is 5.91. The highest BCUT2D eigenvalue weighted by Gasteiger charge is 2.12. The molecule has 0 aromatic heterocycles. The molecule has 0 aliphatic heterocycles. The number of likely N-dealkylation sites (N-methyl/N-ethyl adjacent to an activating group) is 1. The van der Waals surface area contributed by atoms with Crippen LogP contribution in [0.25, 0.3) is 0 Å². The van der Waals surface area contributed by atoms with Crippen LogP contribution >= 0.6 is 12.4 Å². The van der Waals surface area contributed by atoms with Crippen molar-refractivity contribution in [3.8, 4) is 0 Å². The maximum atomic E-state index is 12.2. The zero-order valence-electron chi connectivity index (χ0n) is 13.7. The molecule has 124 valence electrons. The summed E-state index contributed by atoms with van der Waals surface area (Å²) in [6.07, 6.45) is 1.76. The number of carbonyl (C=O) groups excluding carboxylic acids is 1. The number of nitrogens with zero attached hydrogens (tertiary/aromatic N) is 1. The molecule has 0 aliphatic rings. The van der Waals surface area contributed by atoms with Gasteiger partial charge in [0.05, 0.1) is 5.56 Å². The van der Waals surface area contributed by atoms with Crippen LogP contribution in [0.1, 0.15) is 21.5 Å². The summed E-state index contributed by atoms with van der Waals surface area (Å²) in [4.78, 5) is 14.2. The first-order valence-electron chi connectivity index (χ1n) is 7.60. The fourth-order valence-corrected chi connectivity index (χ4v) is 2.26. The molecular formula is C19H24ClNO2. The number of ether oxygens (including phenoxy) is 1. The molecule has 0 heterocycles. The van der Waals surface area contributed by atoms with E-state index >= 15 is 0 Å². The standard InChI is InChI=1S/C19H23NO2.ClH/c1-20(2)14-15-22-19(21)18-11-7-6-10-17(18)13-12-16-8-4-3-5-9-16;/h3-11H,12-15H2,1-2H3;1H. The Bertz CT molecular complexity index is 599. The van der Waals surface area contributed by atoms with Gasteiger partial charge < -0.3 is 9.64 Å². The Labute approximate surface area is 144 Å². The lowest BCUT2D eigenvalue weighted by molar-refractivity contribution is 0.0480. The fourth-order valence-electron chi connectivity index (χ4n) is 2.26. The number of halogens is 1.